The van der Waals surface area contributed by atoms with Crippen LogP contribution in [0.1, 0.15) is 51.9 Å². The number of hydrogen-bond acceptors (Lipinski definition) is 6. The van der Waals surface area contributed by atoms with E-state index >= 15 is 4.39 Å². The molecule has 0 aliphatic heterocycles. The van der Waals surface area contributed by atoms with Crippen molar-refractivity contribution in [1.29, 1.82) is 0 Å². The zero-order valence-electron chi connectivity index (χ0n) is 19.9. The van der Waals surface area contributed by atoms with Crippen molar-refractivity contribution in [3.8, 4) is 0 Å². The number of halogens is 4. The van der Waals surface area contributed by atoms with Gasteiger partial charge in [0.1, 0.15) is 16.9 Å². The second kappa shape index (κ2) is 10.2. The van der Waals surface area contributed by atoms with Crippen LogP contribution in [0.25, 0.3) is 0 Å². The molecule has 0 saturated heterocycles. The van der Waals surface area contributed by atoms with Gasteiger partial charge in [0.25, 0.3) is 5.91 Å². The molecule has 2 aromatic carbocycles. The second-order valence-electron chi connectivity index (χ2n) is 9.33. The fourth-order valence-electron chi connectivity index (χ4n) is 2.68. The Morgan fingerprint density at radius 1 is 0.914 bits per heavy atom. The van der Waals surface area contributed by atoms with Gasteiger partial charge in [-0.3, -0.25) is 4.79 Å². The summed E-state index contributed by atoms with van der Waals surface area (Å²) in [5.74, 6) is -3.71. The van der Waals surface area contributed by atoms with Gasteiger partial charge in [-0.2, -0.15) is 4.90 Å². The molecule has 0 aliphatic carbocycles. The maximum Gasteiger partial charge on any atom is 0.424 e. The van der Waals surface area contributed by atoms with Crippen molar-refractivity contribution in [3.05, 3.63) is 51.5 Å². The Balaban J connectivity index is 2.59. The number of benzene rings is 2. The Hall–Kier alpha value is -3.11. The van der Waals surface area contributed by atoms with E-state index in [1.54, 1.807) is 0 Å². The fourth-order valence-corrected chi connectivity index (χ4v) is 3.22. The molecule has 0 fully saturated rings. The summed E-state index contributed by atoms with van der Waals surface area (Å²) in [6.45, 7) is 9.00. The van der Waals surface area contributed by atoms with Crippen LogP contribution in [-0.2, 0) is 9.47 Å². The zero-order valence-corrected chi connectivity index (χ0v) is 21.4. The van der Waals surface area contributed by atoms with Crippen LogP contribution in [-0.4, -0.2) is 29.3 Å². The van der Waals surface area contributed by atoms with E-state index in [9.17, 15) is 18.8 Å². The number of amides is 3. The van der Waals surface area contributed by atoms with Gasteiger partial charge in [-0.25, -0.2) is 18.4 Å². The number of imide groups is 1. The van der Waals surface area contributed by atoms with Gasteiger partial charge in [0, 0.05) is 0 Å². The first-order valence-corrected chi connectivity index (χ1v) is 11.0. The third kappa shape index (κ3) is 6.95. The van der Waals surface area contributed by atoms with Crippen molar-refractivity contribution in [2.75, 3.05) is 16.0 Å². The molecule has 0 heterocycles. The van der Waals surface area contributed by atoms with Gasteiger partial charge >= 0.3 is 12.2 Å². The van der Waals surface area contributed by atoms with Crippen LogP contribution in [0.3, 0.4) is 0 Å². The topological polar surface area (TPSA) is 111 Å². The summed E-state index contributed by atoms with van der Waals surface area (Å²) in [4.78, 5) is 38.5. The standard InChI is InChI=1S/C23H25Cl2F2N3O5/c1-22(2,3)34-20(32)30(21(33)35-23(4,5)6)18-12(26)8-10-14(17(18)27)29-19(31)15-11(24)7-9-13(28)16(15)25/h7-10H,28H2,1-6H3,(H,29,31). The van der Waals surface area contributed by atoms with Crippen LogP contribution in [0.4, 0.5) is 35.4 Å². The Morgan fingerprint density at radius 2 is 1.43 bits per heavy atom. The first-order chi connectivity index (χ1) is 15.9. The minimum absolute atomic E-state index is 0.0440. The van der Waals surface area contributed by atoms with Crippen molar-refractivity contribution < 1.29 is 32.6 Å². The van der Waals surface area contributed by atoms with E-state index in [2.05, 4.69) is 5.32 Å². The smallest absolute Gasteiger partial charge is 0.424 e. The number of rotatable bonds is 3. The molecule has 12 heteroatoms. The van der Waals surface area contributed by atoms with Gasteiger partial charge in [0.15, 0.2) is 11.6 Å². The molecule has 0 atom stereocenters. The molecule has 0 saturated carbocycles. The fraction of sp³-hybridized carbons (Fsp3) is 0.348. The molecule has 0 unspecified atom stereocenters. The normalized spacial score (nSPS) is 11.6. The number of nitrogen functional groups attached to an aromatic ring is 1. The Labute approximate surface area is 211 Å². The van der Waals surface area contributed by atoms with Gasteiger partial charge in [-0.1, -0.05) is 23.2 Å². The van der Waals surface area contributed by atoms with Crippen LogP contribution in [0.5, 0.6) is 0 Å². The largest absolute Gasteiger partial charge is 0.443 e. The average molecular weight is 532 g/mol. The summed E-state index contributed by atoms with van der Waals surface area (Å²) >= 11 is 12.1. The number of hydrogen-bond donors (Lipinski definition) is 2. The highest BCUT2D eigenvalue weighted by atomic mass is 35.5. The highest BCUT2D eigenvalue weighted by Crippen LogP contribution is 2.34. The van der Waals surface area contributed by atoms with Crippen molar-refractivity contribution in [3.63, 3.8) is 0 Å². The van der Waals surface area contributed by atoms with E-state index in [0.717, 1.165) is 12.1 Å². The molecule has 0 bridgehead atoms. The highest BCUT2D eigenvalue weighted by Gasteiger charge is 2.37. The van der Waals surface area contributed by atoms with Crippen molar-refractivity contribution in [2.45, 2.75) is 52.7 Å². The molecular formula is C23H25Cl2F2N3O5. The van der Waals surface area contributed by atoms with E-state index in [-0.39, 0.29) is 26.2 Å². The molecule has 3 N–H and O–H groups in total. The Kier molecular flexibility index (Phi) is 8.24. The lowest BCUT2D eigenvalue weighted by molar-refractivity contribution is 0.0427. The van der Waals surface area contributed by atoms with E-state index < -0.39 is 52.3 Å². The summed E-state index contributed by atoms with van der Waals surface area (Å²) in [5, 5.41) is 1.94. The number of anilines is 3. The molecule has 8 nitrogen and oxygen atoms in total. The lowest BCUT2D eigenvalue weighted by Crippen LogP contribution is -2.44. The van der Waals surface area contributed by atoms with E-state index in [1.807, 2.05) is 0 Å². The van der Waals surface area contributed by atoms with Gasteiger partial charge in [-0.05, 0) is 65.8 Å². The van der Waals surface area contributed by atoms with E-state index in [4.69, 9.17) is 38.4 Å². The minimum atomic E-state index is -1.45. The van der Waals surface area contributed by atoms with Crippen molar-refractivity contribution in [2.24, 2.45) is 0 Å². The predicted molar refractivity (Wildman–Crippen MR) is 130 cm³/mol. The number of carbonyl (C=O) groups excluding carboxylic acids is 3. The van der Waals surface area contributed by atoms with Gasteiger partial charge in [0.05, 0.1) is 27.0 Å². The quantitative estimate of drug-likeness (QED) is 0.422. The van der Waals surface area contributed by atoms with Crippen LogP contribution in [0.2, 0.25) is 10.0 Å². The second-order valence-corrected chi connectivity index (χ2v) is 10.1. The summed E-state index contributed by atoms with van der Waals surface area (Å²) in [6, 6.07) is 4.33. The first-order valence-electron chi connectivity index (χ1n) is 10.2. The van der Waals surface area contributed by atoms with Gasteiger partial charge < -0.3 is 20.5 Å². The number of ether oxygens (including phenoxy) is 2. The lowest BCUT2D eigenvalue weighted by atomic mass is 10.1. The summed E-state index contributed by atoms with van der Waals surface area (Å²) in [7, 11) is 0. The van der Waals surface area contributed by atoms with Crippen LogP contribution >= 0.6 is 23.2 Å². The number of nitrogens with two attached hydrogens (primary N) is 1. The van der Waals surface area contributed by atoms with Crippen LogP contribution in [0, 0.1) is 11.6 Å². The molecule has 3 amide bonds. The molecule has 0 aromatic heterocycles. The molecule has 0 spiro atoms. The Bertz CT molecular complexity index is 1150. The van der Waals surface area contributed by atoms with Crippen molar-refractivity contribution in [1.82, 2.24) is 0 Å². The van der Waals surface area contributed by atoms with Gasteiger partial charge in [0.2, 0.25) is 0 Å². The molecule has 2 aromatic rings. The number of nitrogens with zero attached hydrogens (tertiary/aromatic N) is 1. The highest BCUT2D eigenvalue weighted by molar-refractivity contribution is 6.42. The molecule has 35 heavy (non-hydrogen) atoms. The van der Waals surface area contributed by atoms with Crippen LogP contribution in [0.15, 0.2) is 24.3 Å². The summed E-state index contributed by atoms with van der Waals surface area (Å²) in [6.07, 6.45) is -2.79. The van der Waals surface area contributed by atoms with Crippen LogP contribution < -0.4 is 16.0 Å². The number of carbonyl (C=O) groups is 3. The SMILES string of the molecule is CC(C)(C)OC(=O)N(C(=O)OC(C)(C)C)c1c(F)ccc(NC(=O)c2c(Cl)ccc(N)c2Cl)c1F. The molecule has 0 aliphatic rings. The van der Waals surface area contributed by atoms with E-state index in [0.29, 0.717) is 0 Å². The molecular weight excluding hydrogens is 507 g/mol. The summed E-state index contributed by atoms with van der Waals surface area (Å²) < 4.78 is 40.7. The maximum absolute atomic E-state index is 15.5. The van der Waals surface area contributed by atoms with Gasteiger partial charge in [-0.15, -0.1) is 0 Å². The summed E-state index contributed by atoms with van der Waals surface area (Å²) in [5.41, 5.74) is 1.56. The predicted octanol–water partition coefficient (Wildman–Crippen LogP) is 6.78. The average Bonchev–Trinajstić information content (AvgIpc) is 2.67. The molecule has 2 rings (SSSR count). The first kappa shape index (κ1) is 28.1. The zero-order chi connectivity index (χ0) is 26.9. The lowest BCUT2D eigenvalue weighted by Gasteiger charge is -2.29. The monoisotopic (exact) mass is 531 g/mol. The minimum Gasteiger partial charge on any atom is -0.443 e. The maximum atomic E-state index is 15.5. The Morgan fingerprint density at radius 3 is 1.91 bits per heavy atom. The third-order valence-corrected chi connectivity index (χ3v) is 4.76. The molecule has 0 radical (unpaired) electrons. The third-order valence-electron chi connectivity index (χ3n) is 4.04. The molecule has 190 valence electrons. The van der Waals surface area contributed by atoms with E-state index in [1.165, 1.54) is 53.7 Å². The number of nitrogens with one attached hydrogen (secondary N) is 1. The van der Waals surface area contributed by atoms with Crippen molar-refractivity contribution >= 4 is 58.4 Å².